The van der Waals surface area contributed by atoms with E-state index in [4.69, 9.17) is 6.72 Å². The SMILES string of the molecule is [B]=S=S=S=S=S=S=S. The molecule has 8 heteroatoms. The van der Waals surface area contributed by atoms with Gasteiger partial charge in [0.25, 0.3) is 0 Å². The first kappa shape index (κ1) is 9.60. The van der Waals surface area contributed by atoms with E-state index >= 15 is 0 Å². The van der Waals surface area contributed by atoms with E-state index in [2.05, 4.69) is 11.2 Å². The molecule has 0 unspecified atom stereocenters. The summed E-state index contributed by atoms with van der Waals surface area (Å²) in [5, 5.41) is 0. The topological polar surface area (TPSA) is 0 Å². The van der Waals surface area contributed by atoms with Crippen LogP contribution in [-0.2, 0) is 65.3 Å². The zero-order valence-corrected chi connectivity index (χ0v) is 9.15. The molecule has 0 aliphatic rings. The van der Waals surface area contributed by atoms with Gasteiger partial charge in [-0.05, 0) is 0 Å². The van der Waals surface area contributed by atoms with Gasteiger partial charge >= 0.3 is 72.1 Å². The number of hydrogen-bond donors (Lipinski definition) is 0. The van der Waals surface area contributed by atoms with Crippen molar-refractivity contribution in [1.29, 1.82) is 0 Å². The van der Waals surface area contributed by atoms with Crippen LogP contribution in [0.4, 0.5) is 0 Å². The summed E-state index contributed by atoms with van der Waals surface area (Å²) in [7, 11) is 8.95. The Labute approximate surface area is 71.2 Å². The van der Waals surface area contributed by atoms with Crippen LogP contribution in [0.2, 0.25) is 0 Å². The molecule has 0 aliphatic heterocycles. The average molecular weight is 235 g/mol. The van der Waals surface area contributed by atoms with Gasteiger partial charge in [0.05, 0.1) is 0 Å². The number of hydrogen-bond acceptors (Lipinski definition) is 1. The maximum absolute atomic E-state index is 5.11. The van der Waals surface area contributed by atoms with Gasteiger partial charge in [0.2, 0.25) is 0 Å². The van der Waals surface area contributed by atoms with Crippen molar-refractivity contribution in [2.75, 3.05) is 0 Å². The van der Waals surface area contributed by atoms with Gasteiger partial charge in [-0.15, -0.1) is 0 Å². The van der Waals surface area contributed by atoms with Crippen molar-refractivity contribution in [3.8, 4) is 0 Å². The fraction of sp³-hybridized carbons (Fsp3) is 0. The molecule has 0 atom stereocenters. The van der Waals surface area contributed by atoms with E-state index in [0.29, 0.717) is 0 Å². The van der Waals surface area contributed by atoms with Crippen LogP contribution >= 0.6 is 0 Å². The van der Waals surface area contributed by atoms with Gasteiger partial charge in [0.1, 0.15) is 0 Å². The first-order chi connectivity index (χ1) is 3.91. The summed E-state index contributed by atoms with van der Waals surface area (Å²) in [5.41, 5.74) is 0. The van der Waals surface area contributed by atoms with Crippen molar-refractivity contribution in [1.82, 2.24) is 0 Å². The molecule has 0 amide bonds. The molecule has 0 saturated heterocycles. The summed E-state index contributed by atoms with van der Waals surface area (Å²) >= 11 is 4.60. The predicted molar refractivity (Wildman–Crippen MR) is 57.3 cm³/mol. The Morgan fingerprint density at radius 2 is 1.62 bits per heavy atom. The monoisotopic (exact) mass is 235 g/mol. The fourth-order valence-electron chi connectivity index (χ4n) is 0.0501. The van der Waals surface area contributed by atoms with Crippen LogP contribution < -0.4 is 0 Å². The second-order valence-electron chi connectivity index (χ2n) is 0.436. The quantitative estimate of drug-likeness (QED) is 0.515. The van der Waals surface area contributed by atoms with Gasteiger partial charge in [0.15, 0.2) is 0 Å². The second-order valence-corrected chi connectivity index (χ2v) is 10.1. The molecule has 1 radical (unpaired) electrons. The molecule has 0 aromatic carbocycles. The average Bonchev–Trinajstić information content (AvgIpc) is 1.81. The second kappa shape index (κ2) is 8.60. The zero-order chi connectivity index (χ0) is 6.24. The van der Waals surface area contributed by atoms with E-state index in [0.717, 1.165) is 0 Å². The van der Waals surface area contributed by atoms with Crippen LogP contribution in [0.15, 0.2) is 0 Å². The van der Waals surface area contributed by atoms with Crippen molar-refractivity contribution in [3.63, 3.8) is 0 Å². The zero-order valence-electron chi connectivity index (χ0n) is 3.44. The van der Waals surface area contributed by atoms with Gasteiger partial charge in [-0.25, -0.2) is 0 Å². The van der Waals surface area contributed by atoms with Crippen LogP contribution in [-0.4, -0.2) is 6.72 Å². The molecular formula is BS7. The van der Waals surface area contributed by atoms with E-state index in [1.54, 1.807) is 35.5 Å². The molecule has 0 bridgehead atoms. The normalized spacial score (nSPS) is 6.38. The Hall–Kier alpha value is 1.60. The van der Waals surface area contributed by atoms with Gasteiger partial charge in [-0.1, -0.05) is 0 Å². The van der Waals surface area contributed by atoms with Gasteiger partial charge in [-0.3, -0.25) is 0 Å². The minimum atomic E-state index is 1.25. The van der Waals surface area contributed by atoms with E-state index < -0.39 is 0 Å². The van der Waals surface area contributed by atoms with Crippen LogP contribution in [0.25, 0.3) is 0 Å². The minimum absolute atomic E-state index is 1.25. The summed E-state index contributed by atoms with van der Waals surface area (Å²) in [5.74, 6) is 0. The molecule has 0 fully saturated rings. The van der Waals surface area contributed by atoms with Crippen molar-refractivity contribution in [3.05, 3.63) is 0 Å². The first-order valence-corrected chi connectivity index (χ1v) is 9.71. The van der Waals surface area contributed by atoms with Crippen molar-refractivity contribution in [2.24, 2.45) is 0 Å². The van der Waals surface area contributed by atoms with Gasteiger partial charge in [0, 0.05) is 0 Å². The van der Waals surface area contributed by atoms with Gasteiger partial charge < -0.3 is 0 Å². The van der Waals surface area contributed by atoms with Crippen molar-refractivity contribution in [2.45, 2.75) is 0 Å². The van der Waals surface area contributed by atoms with E-state index in [-0.39, 0.29) is 0 Å². The third kappa shape index (κ3) is 7.60. The molecule has 0 rings (SSSR count). The Balaban J connectivity index is 5.06. The first-order valence-electron chi connectivity index (χ1n) is 1.24. The fourth-order valence-corrected chi connectivity index (χ4v) is 9.57. The molecule has 0 saturated carbocycles. The summed E-state index contributed by atoms with van der Waals surface area (Å²) in [6, 6.07) is 0. The molecule has 0 heterocycles. The summed E-state index contributed by atoms with van der Waals surface area (Å²) < 4.78 is 0. The summed E-state index contributed by atoms with van der Waals surface area (Å²) in [6.45, 7) is 5.11. The van der Waals surface area contributed by atoms with Crippen LogP contribution in [0.1, 0.15) is 0 Å². The standard InChI is InChI=1S/BS7/c1-3-5-7-8-6-4-2. The molecule has 0 aromatic rings. The Morgan fingerprint density at radius 1 is 1.00 bits per heavy atom. The molecule has 0 nitrogen and oxygen atoms in total. The van der Waals surface area contributed by atoms with E-state index in [1.165, 1.54) is 18.6 Å². The van der Waals surface area contributed by atoms with Crippen LogP contribution in [0.3, 0.4) is 0 Å². The van der Waals surface area contributed by atoms with Crippen LogP contribution in [0, 0.1) is 0 Å². The molecule has 45 valence electrons. The summed E-state index contributed by atoms with van der Waals surface area (Å²) in [4.78, 5) is 0. The third-order valence-electron chi connectivity index (χ3n) is 0.150. The Bertz CT molecular complexity index is 234. The van der Waals surface area contributed by atoms with Crippen molar-refractivity contribution >= 4 is 72.1 Å². The Kier molecular flexibility index (Phi) is 10.3. The molecule has 8 heavy (non-hydrogen) atoms. The molecule has 0 aliphatic carbocycles. The van der Waals surface area contributed by atoms with Crippen LogP contribution in [0.5, 0.6) is 0 Å². The van der Waals surface area contributed by atoms with Gasteiger partial charge in [-0.2, -0.15) is 0 Å². The number of rotatable bonds is 0. The predicted octanol–water partition coefficient (Wildman–Crippen LogP) is -0.398. The summed E-state index contributed by atoms with van der Waals surface area (Å²) in [6.07, 6.45) is 0. The van der Waals surface area contributed by atoms with E-state index in [1.807, 2.05) is 0 Å². The molecule has 0 spiro atoms. The molecular weight excluding hydrogens is 235 g/mol. The van der Waals surface area contributed by atoms with E-state index in [9.17, 15) is 0 Å². The molecule has 0 aromatic heterocycles. The third-order valence-corrected chi connectivity index (χ3v) is 10.1. The molecule has 0 N–H and O–H groups in total. The maximum atomic E-state index is 5.11. The van der Waals surface area contributed by atoms with Crippen molar-refractivity contribution < 1.29 is 0 Å². The Morgan fingerprint density at radius 3 is 2.12 bits per heavy atom.